The molecule has 0 unspecified atom stereocenters. The number of nitrogens with two attached hydrogens (primary N) is 1. The molecule has 160 valence electrons. The van der Waals surface area contributed by atoms with E-state index < -0.39 is 42.7 Å². The minimum atomic E-state index is -0.898. The van der Waals surface area contributed by atoms with Gasteiger partial charge in [0.15, 0.2) is 6.61 Å². The van der Waals surface area contributed by atoms with Crippen molar-refractivity contribution in [3.63, 3.8) is 0 Å². The van der Waals surface area contributed by atoms with E-state index in [1.165, 1.54) is 23.5 Å². The van der Waals surface area contributed by atoms with Crippen LogP contribution in [0.1, 0.15) is 54.4 Å². The molecule has 1 aromatic heterocycles. The third-order valence-electron chi connectivity index (χ3n) is 5.20. The highest BCUT2D eigenvalue weighted by atomic mass is 32.1. The second-order valence-corrected chi connectivity index (χ2v) is 8.34. The standard InChI is InChI=1S/C21H19N3O6S/c22-18(27)17-13-7-3-4-8-14(13)31-19(17)23-15(25)10-30-16(26)9-24-20(28)11-5-1-2-6-12(11)21(24)29/h1-2,5-6H,3-4,7-10H2,(H2,22,27)(H,23,25). The number of carbonyl (C=O) groups excluding carboxylic acids is 5. The first-order chi connectivity index (χ1) is 14.9. The van der Waals surface area contributed by atoms with Crippen LogP contribution in [-0.4, -0.2) is 47.6 Å². The lowest BCUT2D eigenvalue weighted by molar-refractivity contribution is -0.147. The minimum absolute atomic E-state index is 0.221. The number of hydrogen-bond acceptors (Lipinski definition) is 7. The van der Waals surface area contributed by atoms with Gasteiger partial charge in [-0.25, -0.2) is 0 Å². The third-order valence-corrected chi connectivity index (χ3v) is 6.41. The summed E-state index contributed by atoms with van der Waals surface area (Å²) in [5, 5.41) is 2.93. The van der Waals surface area contributed by atoms with Gasteiger partial charge in [-0.1, -0.05) is 12.1 Å². The number of aryl methyl sites for hydroxylation is 1. The maximum atomic E-state index is 12.3. The van der Waals surface area contributed by atoms with Crippen LogP contribution < -0.4 is 11.1 Å². The Kier molecular flexibility index (Phi) is 5.55. The van der Waals surface area contributed by atoms with E-state index in [-0.39, 0.29) is 11.1 Å². The molecule has 9 nitrogen and oxygen atoms in total. The molecular weight excluding hydrogens is 422 g/mol. The zero-order valence-corrected chi connectivity index (χ0v) is 17.3. The van der Waals surface area contributed by atoms with Crippen molar-refractivity contribution in [2.75, 3.05) is 18.5 Å². The quantitative estimate of drug-likeness (QED) is 0.515. The Balaban J connectivity index is 1.35. The van der Waals surface area contributed by atoms with E-state index in [9.17, 15) is 24.0 Å². The van der Waals surface area contributed by atoms with Crippen LogP contribution in [0.5, 0.6) is 0 Å². The zero-order valence-electron chi connectivity index (χ0n) is 16.4. The molecule has 1 aliphatic carbocycles. The summed E-state index contributed by atoms with van der Waals surface area (Å²) in [6, 6.07) is 6.26. The molecule has 2 aromatic rings. The van der Waals surface area contributed by atoms with E-state index in [1.807, 2.05) is 0 Å². The predicted octanol–water partition coefficient (Wildman–Crippen LogP) is 1.50. The molecule has 4 rings (SSSR count). The number of amides is 4. The Morgan fingerprint density at radius 2 is 1.71 bits per heavy atom. The van der Waals surface area contributed by atoms with Gasteiger partial charge >= 0.3 is 5.97 Å². The number of primary amides is 1. The van der Waals surface area contributed by atoms with Gasteiger partial charge in [0, 0.05) is 4.88 Å². The van der Waals surface area contributed by atoms with Crippen molar-refractivity contribution < 1.29 is 28.7 Å². The van der Waals surface area contributed by atoms with Gasteiger partial charge < -0.3 is 15.8 Å². The SMILES string of the molecule is NC(=O)c1c(NC(=O)COC(=O)CN2C(=O)c3ccccc3C2=O)sc2c1CCCC2. The van der Waals surface area contributed by atoms with E-state index in [0.717, 1.165) is 41.0 Å². The number of imide groups is 1. The summed E-state index contributed by atoms with van der Waals surface area (Å²) in [4.78, 5) is 62.7. The van der Waals surface area contributed by atoms with Crippen molar-refractivity contribution in [1.29, 1.82) is 0 Å². The lowest BCUT2D eigenvalue weighted by Crippen LogP contribution is -2.36. The van der Waals surface area contributed by atoms with E-state index >= 15 is 0 Å². The molecule has 0 atom stereocenters. The van der Waals surface area contributed by atoms with Gasteiger partial charge in [0.1, 0.15) is 11.5 Å². The number of nitrogens with one attached hydrogen (secondary N) is 1. The van der Waals surface area contributed by atoms with Crippen LogP contribution in [0.2, 0.25) is 0 Å². The number of benzene rings is 1. The summed E-state index contributed by atoms with van der Waals surface area (Å²) >= 11 is 1.30. The van der Waals surface area contributed by atoms with Crippen LogP contribution in [0.4, 0.5) is 5.00 Å². The predicted molar refractivity (Wildman–Crippen MR) is 111 cm³/mol. The molecule has 0 bridgehead atoms. The van der Waals surface area contributed by atoms with Crippen LogP contribution in [0.3, 0.4) is 0 Å². The first kappa shape index (κ1) is 20.7. The zero-order chi connectivity index (χ0) is 22.1. The summed E-state index contributed by atoms with van der Waals surface area (Å²) in [7, 11) is 0. The Morgan fingerprint density at radius 1 is 1.06 bits per heavy atom. The van der Waals surface area contributed by atoms with Crippen molar-refractivity contribution in [2.24, 2.45) is 5.73 Å². The molecule has 1 aromatic carbocycles. The molecular formula is C21H19N3O6S. The maximum absolute atomic E-state index is 12.3. The monoisotopic (exact) mass is 441 g/mol. The van der Waals surface area contributed by atoms with Crippen molar-refractivity contribution in [3.05, 3.63) is 51.4 Å². The summed E-state index contributed by atoms with van der Waals surface area (Å²) < 4.78 is 4.93. The molecule has 10 heteroatoms. The van der Waals surface area contributed by atoms with Crippen LogP contribution in [-0.2, 0) is 27.2 Å². The second-order valence-electron chi connectivity index (χ2n) is 7.23. The summed E-state index contributed by atoms with van der Waals surface area (Å²) in [5.41, 5.74) is 7.13. The number of anilines is 1. The van der Waals surface area contributed by atoms with Gasteiger partial charge in [0.25, 0.3) is 23.6 Å². The molecule has 2 heterocycles. The van der Waals surface area contributed by atoms with Gasteiger partial charge in [-0.3, -0.25) is 28.9 Å². The normalized spacial score (nSPS) is 14.8. The highest BCUT2D eigenvalue weighted by Gasteiger charge is 2.36. The van der Waals surface area contributed by atoms with Crippen LogP contribution in [0.25, 0.3) is 0 Å². The molecule has 0 spiro atoms. The Bertz CT molecular complexity index is 1090. The molecule has 0 fully saturated rings. The average Bonchev–Trinajstić information content (AvgIpc) is 3.23. The fraction of sp³-hybridized carbons (Fsp3) is 0.286. The van der Waals surface area contributed by atoms with Gasteiger partial charge in [0.2, 0.25) is 0 Å². The molecule has 0 saturated carbocycles. The smallest absolute Gasteiger partial charge is 0.326 e. The van der Waals surface area contributed by atoms with Crippen molar-refractivity contribution in [2.45, 2.75) is 25.7 Å². The van der Waals surface area contributed by atoms with Crippen molar-refractivity contribution in [3.8, 4) is 0 Å². The van der Waals surface area contributed by atoms with E-state index in [4.69, 9.17) is 10.5 Å². The topological polar surface area (TPSA) is 136 Å². The molecule has 31 heavy (non-hydrogen) atoms. The average molecular weight is 441 g/mol. The number of carbonyl (C=O) groups is 5. The number of esters is 1. The van der Waals surface area contributed by atoms with Crippen molar-refractivity contribution >= 4 is 45.9 Å². The summed E-state index contributed by atoms with van der Waals surface area (Å²) in [6.07, 6.45) is 3.52. The van der Waals surface area contributed by atoms with E-state index in [0.29, 0.717) is 10.6 Å². The molecule has 3 N–H and O–H groups in total. The molecule has 0 radical (unpaired) electrons. The van der Waals surface area contributed by atoms with Gasteiger partial charge in [-0.2, -0.15) is 0 Å². The number of fused-ring (bicyclic) bond motifs is 2. The first-order valence-corrected chi connectivity index (χ1v) is 10.5. The lowest BCUT2D eigenvalue weighted by Gasteiger charge is -2.13. The summed E-state index contributed by atoms with van der Waals surface area (Å²) in [6.45, 7) is -1.22. The van der Waals surface area contributed by atoms with Crippen molar-refractivity contribution in [1.82, 2.24) is 4.90 Å². The van der Waals surface area contributed by atoms with Gasteiger partial charge in [-0.05, 0) is 43.4 Å². The fourth-order valence-corrected chi connectivity index (χ4v) is 5.09. The second kappa shape index (κ2) is 8.31. The van der Waals surface area contributed by atoms with Gasteiger partial charge in [-0.15, -0.1) is 11.3 Å². The van der Waals surface area contributed by atoms with Crippen LogP contribution >= 0.6 is 11.3 Å². The van der Waals surface area contributed by atoms with Crippen LogP contribution in [0.15, 0.2) is 24.3 Å². The van der Waals surface area contributed by atoms with Gasteiger partial charge in [0.05, 0.1) is 16.7 Å². The number of rotatable bonds is 6. The maximum Gasteiger partial charge on any atom is 0.326 e. The highest BCUT2D eigenvalue weighted by Crippen LogP contribution is 2.37. The lowest BCUT2D eigenvalue weighted by atomic mass is 9.95. The minimum Gasteiger partial charge on any atom is -0.454 e. The van der Waals surface area contributed by atoms with E-state index in [2.05, 4.69) is 5.32 Å². The Labute approximate surface area is 181 Å². The Hall–Kier alpha value is -3.53. The largest absolute Gasteiger partial charge is 0.454 e. The fourth-order valence-electron chi connectivity index (χ4n) is 3.78. The molecule has 4 amide bonds. The Morgan fingerprint density at radius 3 is 2.35 bits per heavy atom. The number of ether oxygens (including phenoxy) is 1. The number of hydrogen-bond donors (Lipinski definition) is 2. The highest BCUT2D eigenvalue weighted by molar-refractivity contribution is 7.17. The molecule has 2 aliphatic rings. The van der Waals surface area contributed by atoms with Crippen LogP contribution in [0, 0.1) is 0 Å². The molecule has 1 aliphatic heterocycles. The molecule has 0 saturated heterocycles. The first-order valence-electron chi connectivity index (χ1n) is 9.72. The number of nitrogens with zero attached hydrogens (tertiary/aromatic N) is 1. The van der Waals surface area contributed by atoms with E-state index in [1.54, 1.807) is 12.1 Å². The number of thiophene rings is 1. The summed E-state index contributed by atoms with van der Waals surface area (Å²) in [5.74, 6) is -3.33. The third kappa shape index (κ3) is 3.93.